The number of benzene rings is 1. The van der Waals surface area contributed by atoms with E-state index in [1.165, 1.54) is 25.1 Å². The first kappa shape index (κ1) is 16.5. The topological polar surface area (TPSA) is 104 Å². The Morgan fingerprint density at radius 2 is 2.00 bits per heavy atom. The van der Waals surface area contributed by atoms with Gasteiger partial charge in [-0.2, -0.15) is 13.2 Å². The summed E-state index contributed by atoms with van der Waals surface area (Å²) in [5, 5.41) is 14.8. The first-order valence-corrected chi connectivity index (χ1v) is 6.32. The van der Waals surface area contributed by atoms with Gasteiger partial charge in [-0.1, -0.05) is 23.3 Å². The number of halogens is 3. The Labute approximate surface area is 127 Å². The van der Waals surface area contributed by atoms with Crippen LogP contribution in [0.15, 0.2) is 30.5 Å². The molecule has 0 saturated heterocycles. The number of hydrogen-bond donors (Lipinski definition) is 1. The van der Waals surface area contributed by atoms with Crippen molar-refractivity contribution in [1.29, 1.82) is 0 Å². The Morgan fingerprint density at radius 1 is 1.39 bits per heavy atom. The molecule has 1 heterocycles. The van der Waals surface area contributed by atoms with Crippen molar-refractivity contribution in [2.75, 3.05) is 0 Å². The number of primary amides is 1. The summed E-state index contributed by atoms with van der Waals surface area (Å²) >= 11 is 0. The maximum absolute atomic E-state index is 13.1. The minimum Gasteiger partial charge on any atom is -0.365 e. The Hall–Kier alpha value is -2.91. The number of aromatic nitrogens is 2. The highest BCUT2D eigenvalue weighted by Crippen LogP contribution is 2.36. The van der Waals surface area contributed by atoms with Crippen LogP contribution in [-0.2, 0) is 6.18 Å². The monoisotopic (exact) mass is 328 g/mol. The summed E-state index contributed by atoms with van der Waals surface area (Å²) in [6, 6.07) is 3.54. The number of nitrogens with zero attached hydrogens (tertiary/aromatic N) is 3. The first-order chi connectivity index (χ1) is 10.6. The molecule has 7 nitrogen and oxygen atoms in total. The van der Waals surface area contributed by atoms with Crippen LogP contribution in [0, 0.1) is 10.1 Å². The standard InChI is InChI=1S/C13H11F3N4O3/c1-7(8-4-2-3-5-10(8)13(14,15)16)19-12(20(22)23)9(6-18-19)11(17)21/h2-7H,1H3,(H2,17,21). The normalized spacial score (nSPS) is 12.9. The molecule has 0 fully saturated rings. The molecule has 1 aromatic heterocycles. The van der Waals surface area contributed by atoms with E-state index in [1.54, 1.807) is 0 Å². The number of carbonyl (C=O) groups excluding carboxylic acids is 1. The van der Waals surface area contributed by atoms with Gasteiger partial charge in [0, 0.05) is 5.56 Å². The summed E-state index contributed by atoms with van der Waals surface area (Å²) < 4.78 is 40.0. The van der Waals surface area contributed by atoms with Gasteiger partial charge in [0.05, 0.1) is 11.8 Å². The van der Waals surface area contributed by atoms with Gasteiger partial charge in [0.25, 0.3) is 5.91 Å². The lowest BCUT2D eigenvalue weighted by atomic mass is 10.0. The van der Waals surface area contributed by atoms with Crippen molar-refractivity contribution in [3.8, 4) is 0 Å². The summed E-state index contributed by atoms with van der Waals surface area (Å²) in [4.78, 5) is 21.4. The summed E-state index contributed by atoms with van der Waals surface area (Å²) in [5.74, 6) is -1.83. The van der Waals surface area contributed by atoms with Gasteiger partial charge < -0.3 is 15.8 Å². The number of alkyl halides is 3. The number of nitrogens with two attached hydrogens (primary N) is 1. The molecule has 0 aliphatic rings. The van der Waals surface area contributed by atoms with E-state index in [0.717, 1.165) is 16.9 Å². The minimum atomic E-state index is -4.63. The van der Waals surface area contributed by atoms with Gasteiger partial charge in [-0.25, -0.2) is 0 Å². The van der Waals surface area contributed by atoms with Crippen LogP contribution in [0.5, 0.6) is 0 Å². The average molecular weight is 328 g/mol. The van der Waals surface area contributed by atoms with Gasteiger partial charge in [-0.05, 0) is 17.9 Å². The molecule has 23 heavy (non-hydrogen) atoms. The Balaban J connectivity index is 2.61. The Bertz CT molecular complexity index is 770. The highest BCUT2D eigenvalue weighted by molar-refractivity contribution is 5.96. The molecular formula is C13H11F3N4O3. The van der Waals surface area contributed by atoms with E-state index in [2.05, 4.69) is 5.10 Å². The molecule has 122 valence electrons. The van der Waals surface area contributed by atoms with E-state index < -0.39 is 40.0 Å². The van der Waals surface area contributed by atoms with Crippen molar-refractivity contribution in [1.82, 2.24) is 9.78 Å². The first-order valence-electron chi connectivity index (χ1n) is 6.32. The van der Waals surface area contributed by atoms with Crippen molar-refractivity contribution in [2.45, 2.75) is 19.1 Å². The second-order valence-electron chi connectivity index (χ2n) is 4.71. The van der Waals surface area contributed by atoms with Gasteiger partial charge in [0.15, 0.2) is 5.56 Å². The van der Waals surface area contributed by atoms with Gasteiger partial charge >= 0.3 is 12.0 Å². The van der Waals surface area contributed by atoms with E-state index in [4.69, 9.17) is 5.73 Å². The smallest absolute Gasteiger partial charge is 0.365 e. The third-order valence-corrected chi connectivity index (χ3v) is 3.29. The molecule has 1 atom stereocenters. The number of rotatable bonds is 4. The lowest BCUT2D eigenvalue weighted by molar-refractivity contribution is -0.393. The predicted octanol–water partition coefficient (Wildman–Crippen LogP) is 2.52. The van der Waals surface area contributed by atoms with Crippen LogP contribution >= 0.6 is 0 Å². The van der Waals surface area contributed by atoms with Crippen LogP contribution in [0.2, 0.25) is 0 Å². The third kappa shape index (κ3) is 3.00. The van der Waals surface area contributed by atoms with Crippen LogP contribution in [0.1, 0.15) is 34.5 Å². The molecular weight excluding hydrogens is 317 g/mol. The van der Waals surface area contributed by atoms with Crippen molar-refractivity contribution in [3.05, 3.63) is 57.3 Å². The van der Waals surface area contributed by atoms with E-state index in [1.807, 2.05) is 0 Å². The highest BCUT2D eigenvalue weighted by atomic mass is 19.4. The molecule has 2 aromatic rings. The highest BCUT2D eigenvalue weighted by Gasteiger charge is 2.37. The zero-order valence-corrected chi connectivity index (χ0v) is 11.7. The summed E-state index contributed by atoms with van der Waals surface area (Å²) in [6.45, 7) is 1.31. The molecule has 0 aliphatic carbocycles. The lowest BCUT2D eigenvalue weighted by Crippen LogP contribution is -2.18. The van der Waals surface area contributed by atoms with Gasteiger partial charge in [-0.15, -0.1) is 4.68 Å². The molecule has 0 bridgehead atoms. The van der Waals surface area contributed by atoms with Crippen molar-refractivity contribution in [2.24, 2.45) is 5.73 Å². The van der Waals surface area contributed by atoms with E-state index in [9.17, 15) is 28.1 Å². The number of amides is 1. The van der Waals surface area contributed by atoms with Crippen LogP contribution in [0.3, 0.4) is 0 Å². The summed E-state index contributed by atoms with van der Waals surface area (Å²) in [5.41, 5.74) is 3.42. The van der Waals surface area contributed by atoms with Gasteiger partial charge in [0.1, 0.15) is 6.04 Å². The molecule has 1 aromatic carbocycles. The second-order valence-corrected chi connectivity index (χ2v) is 4.71. The summed E-state index contributed by atoms with van der Waals surface area (Å²) in [7, 11) is 0. The second kappa shape index (κ2) is 5.71. The van der Waals surface area contributed by atoms with Gasteiger partial charge in [0.2, 0.25) is 0 Å². The fraction of sp³-hybridized carbons (Fsp3) is 0.231. The maximum Gasteiger partial charge on any atom is 0.416 e. The Kier molecular flexibility index (Phi) is 4.08. The third-order valence-electron chi connectivity index (χ3n) is 3.29. The average Bonchev–Trinajstić information content (AvgIpc) is 2.90. The maximum atomic E-state index is 13.1. The molecule has 0 saturated carbocycles. The van der Waals surface area contributed by atoms with Crippen molar-refractivity contribution in [3.63, 3.8) is 0 Å². The number of nitro groups is 1. The minimum absolute atomic E-state index is 0.206. The predicted molar refractivity (Wildman–Crippen MR) is 72.7 cm³/mol. The molecule has 2 rings (SSSR count). The lowest BCUT2D eigenvalue weighted by Gasteiger charge is -2.16. The van der Waals surface area contributed by atoms with Gasteiger partial charge in [-0.3, -0.25) is 4.79 Å². The van der Waals surface area contributed by atoms with Crippen LogP contribution in [0.4, 0.5) is 19.0 Å². The number of carbonyl (C=O) groups is 1. The summed E-state index contributed by atoms with van der Waals surface area (Å²) in [6.07, 6.45) is -3.76. The molecule has 2 N–H and O–H groups in total. The molecule has 10 heteroatoms. The van der Waals surface area contributed by atoms with Crippen LogP contribution < -0.4 is 5.73 Å². The number of hydrogen-bond acceptors (Lipinski definition) is 4. The quantitative estimate of drug-likeness (QED) is 0.688. The SMILES string of the molecule is CC(c1ccccc1C(F)(F)F)n1ncc(C(N)=O)c1[N+](=O)[O-]. The van der Waals surface area contributed by atoms with Crippen molar-refractivity contribution >= 4 is 11.7 Å². The molecule has 0 spiro atoms. The van der Waals surface area contributed by atoms with Crippen LogP contribution in [0.25, 0.3) is 0 Å². The zero-order chi connectivity index (χ0) is 17.4. The Morgan fingerprint density at radius 3 is 2.52 bits per heavy atom. The fourth-order valence-corrected chi connectivity index (χ4v) is 2.25. The van der Waals surface area contributed by atoms with E-state index in [-0.39, 0.29) is 5.56 Å². The van der Waals surface area contributed by atoms with Crippen LogP contribution in [-0.4, -0.2) is 20.6 Å². The van der Waals surface area contributed by atoms with E-state index >= 15 is 0 Å². The molecule has 0 aliphatic heterocycles. The van der Waals surface area contributed by atoms with E-state index in [0.29, 0.717) is 0 Å². The molecule has 1 amide bonds. The molecule has 1 unspecified atom stereocenters. The fourth-order valence-electron chi connectivity index (χ4n) is 2.25. The van der Waals surface area contributed by atoms with Crippen molar-refractivity contribution < 1.29 is 22.9 Å². The molecule has 0 radical (unpaired) electrons. The zero-order valence-electron chi connectivity index (χ0n) is 11.7. The largest absolute Gasteiger partial charge is 0.416 e.